The number of ether oxygens (including phenoxy) is 2. The average Bonchev–Trinajstić information content (AvgIpc) is 2.92. The Hall–Kier alpha value is -2.20. The van der Waals surface area contributed by atoms with Crippen molar-refractivity contribution in [3.05, 3.63) is 29.6 Å². The number of amides is 2. The van der Waals surface area contributed by atoms with Crippen LogP contribution in [0.2, 0.25) is 0 Å². The summed E-state index contributed by atoms with van der Waals surface area (Å²) in [5.74, 6) is -1.43. The molecule has 1 fully saturated rings. The number of halogens is 1. The smallest absolute Gasteiger partial charge is 0.310 e. The van der Waals surface area contributed by atoms with Crippen molar-refractivity contribution >= 4 is 46.1 Å². The van der Waals surface area contributed by atoms with E-state index in [1.807, 2.05) is 0 Å². The number of benzene rings is 1. The highest BCUT2D eigenvalue weighted by Crippen LogP contribution is 2.19. The number of hydrogen-bond acceptors (Lipinski definition) is 7. The summed E-state index contributed by atoms with van der Waals surface area (Å²) in [6.07, 6.45) is -0.165. The Morgan fingerprint density at radius 2 is 2.19 bits per heavy atom. The van der Waals surface area contributed by atoms with Gasteiger partial charge in [-0.2, -0.15) is 0 Å². The molecule has 7 nitrogen and oxygen atoms in total. The molecule has 0 aliphatic carbocycles. The molecule has 2 rings (SSSR count). The van der Waals surface area contributed by atoms with Crippen LogP contribution in [0, 0.1) is 5.82 Å². The van der Waals surface area contributed by atoms with Crippen LogP contribution in [0.15, 0.2) is 18.2 Å². The van der Waals surface area contributed by atoms with Gasteiger partial charge in [-0.3, -0.25) is 19.3 Å². The Balaban J connectivity index is 1.68. The second-order valence-electron chi connectivity index (χ2n) is 5.26. The summed E-state index contributed by atoms with van der Waals surface area (Å²) < 4.78 is 23.7. The van der Waals surface area contributed by atoms with E-state index in [9.17, 15) is 18.8 Å². The third kappa shape index (κ3) is 5.67. The van der Waals surface area contributed by atoms with Crippen molar-refractivity contribution in [2.75, 3.05) is 32.6 Å². The fraction of sp³-hybridized carbons (Fsp3) is 0.375. The quantitative estimate of drug-likeness (QED) is 0.513. The minimum atomic E-state index is -0.656. The SMILES string of the molecule is COc1ccc(CC(=O)OCC(=O)NCCN2C(=O)CSC2=S)cc1F. The van der Waals surface area contributed by atoms with Crippen LogP contribution in [-0.4, -0.2) is 59.6 Å². The van der Waals surface area contributed by atoms with Crippen molar-refractivity contribution in [3.63, 3.8) is 0 Å². The summed E-state index contributed by atoms with van der Waals surface area (Å²) in [5.41, 5.74) is 0.410. The van der Waals surface area contributed by atoms with Crippen LogP contribution in [0.4, 0.5) is 4.39 Å². The third-order valence-corrected chi connectivity index (χ3v) is 4.86. The second-order valence-corrected chi connectivity index (χ2v) is 6.87. The number of methoxy groups -OCH3 is 1. The number of nitrogens with zero attached hydrogens (tertiary/aromatic N) is 1. The van der Waals surface area contributed by atoms with Crippen molar-refractivity contribution in [2.45, 2.75) is 6.42 Å². The number of thioether (sulfide) groups is 1. The van der Waals surface area contributed by atoms with E-state index in [-0.39, 0.29) is 31.2 Å². The summed E-state index contributed by atoms with van der Waals surface area (Å²) in [6.45, 7) is 0.0204. The van der Waals surface area contributed by atoms with E-state index in [0.29, 0.717) is 15.6 Å². The summed E-state index contributed by atoms with van der Waals surface area (Å²) in [4.78, 5) is 36.3. The highest BCUT2D eigenvalue weighted by molar-refractivity contribution is 8.23. The zero-order chi connectivity index (χ0) is 19.1. The number of esters is 1. The summed E-state index contributed by atoms with van der Waals surface area (Å²) >= 11 is 6.30. The first-order valence-electron chi connectivity index (χ1n) is 7.62. The summed E-state index contributed by atoms with van der Waals surface area (Å²) in [5, 5.41) is 2.54. The first kappa shape index (κ1) is 20.1. The predicted octanol–water partition coefficient (Wildman–Crippen LogP) is 0.897. The average molecular weight is 400 g/mol. The zero-order valence-electron chi connectivity index (χ0n) is 14.0. The van der Waals surface area contributed by atoms with Gasteiger partial charge in [-0.1, -0.05) is 30.0 Å². The Labute approximate surface area is 159 Å². The maximum Gasteiger partial charge on any atom is 0.310 e. The molecule has 0 saturated carbocycles. The Morgan fingerprint density at radius 3 is 2.81 bits per heavy atom. The standard InChI is InChI=1S/C16H17FN2O5S2/c1-23-12-3-2-10(6-11(12)17)7-15(22)24-8-13(20)18-4-5-19-14(21)9-26-16(19)25/h2-3,6H,4-5,7-9H2,1H3,(H,18,20). The number of rotatable bonds is 8. The molecule has 0 aromatic heterocycles. The molecule has 0 atom stereocenters. The summed E-state index contributed by atoms with van der Waals surface area (Å²) in [6, 6.07) is 4.12. The predicted molar refractivity (Wildman–Crippen MR) is 97.4 cm³/mol. The van der Waals surface area contributed by atoms with Crippen molar-refractivity contribution in [1.29, 1.82) is 0 Å². The van der Waals surface area contributed by atoms with Gasteiger partial charge in [0.2, 0.25) is 5.91 Å². The number of nitrogens with one attached hydrogen (secondary N) is 1. The number of hydrogen-bond donors (Lipinski definition) is 1. The molecule has 1 aromatic carbocycles. The van der Waals surface area contributed by atoms with Crippen molar-refractivity contribution < 1.29 is 28.2 Å². The van der Waals surface area contributed by atoms with Crippen molar-refractivity contribution in [1.82, 2.24) is 10.2 Å². The first-order valence-corrected chi connectivity index (χ1v) is 9.02. The van der Waals surface area contributed by atoms with Gasteiger partial charge in [-0.25, -0.2) is 4.39 Å². The van der Waals surface area contributed by atoms with Gasteiger partial charge in [0.1, 0.15) is 4.32 Å². The monoisotopic (exact) mass is 400 g/mol. The Bertz CT molecular complexity index is 713. The lowest BCUT2D eigenvalue weighted by atomic mass is 10.1. The molecule has 0 radical (unpaired) electrons. The van der Waals surface area contributed by atoms with Gasteiger partial charge < -0.3 is 14.8 Å². The minimum Gasteiger partial charge on any atom is -0.494 e. The van der Waals surface area contributed by atoms with Gasteiger partial charge in [0.05, 0.1) is 19.3 Å². The maximum atomic E-state index is 13.6. The lowest BCUT2D eigenvalue weighted by Gasteiger charge is -2.15. The van der Waals surface area contributed by atoms with Gasteiger partial charge in [0.25, 0.3) is 5.91 Å². The molecule has 1 saturated heterocycles. The lowest BCUT2D eigenvalue weighted by molar-refractivity contribution is -0.147. The lowest BCUT2D eigenvalue weighted by Crippen LogP contribution is -2.38. The van der Waals surface area contributed by atoms with E-state index < -0.39 is 24.3 Å². The highest BCUT2D eigenvalue weighted by atomic mass is 32.2. The fourth-order valence-corrected chi connectivity index (χ4v) is 3.26. The van der Waals surface area contributed by atoms with E-state index in [2.05, 4.69) is 5.32 Å². The Kier molecular flexibility index (Phi) is 7.34. The molecule has 1 aliphatic heterocycles. The molecular weight excluding hydrogens is 383 g/mol. The molecule has 1 N–H and O–H groups in total. The van der Waals surface area contributed by atoms with E-state index in [4.69, 9.17) is 21.7 Å². The van der Waals surface area contributed by atoms with E-state index in [1.54, 1.807) is 0 Å². The topological polar surface area (TPSA) is 84.9 Å². The number of carbonyl (C=O) groups excluding carboxylic acids is 3. The molecule has 2 amide bonds. The van der Waals surface area contributed by atoms with Crippen molar-refractivity contribution in [2.24, 2.45) is 0 Å². The number of thiocarbonyl (C=S) groups is 1. The van der Waals surface area contributed by atoms with E-state index >= 15 is 0 Å². The molecule has 10 heteroatoms. The van der Waals surface area contributed by atoms with Gasteiger partial charge in [0, 0.05) is 13.1 Å². The van der Waals surface area contributed by atoms with E-state index in [0.717, 1.165) is 0 Å². The molecule has 140 valence electrons. The molecule has 1 aromatic rings. The molecule has 26 heavy (non-hydrogen) atoms. The van der Waals surface area contributed by atoms with Crippen LogP contribution in [-0.2, 0) is 25.5 Å². The van der Waals surface area contributed by atoms with Crippen molar-refractivity contribution in [3.8, 4) is 5.75 Å². The third-order valence-electron chi connectivity index (χ3n) is 3.43. The van der Waals surface area contributed by atoms with Crippen LogP contribution >= 0.6 is 24.0 Å². The minimum absolute atomic E-state index is 0.0795. The normalized spacial score (nSPS) is 13.7. The largest absolute Gasteiger partial charge is 0.494 e. The molecule has 1 heterocycles. The molecule has 0 unspecified atom stereocenters. The molecule has 0 bridgehead atoms. The zero-order valence-corrected chi connectivity index (χ0v) is 15.6. The second kappa shape index (κ2) is 9.48. The Morgan fingerprint density at radius 1 is 1.42 bits per heavy atom. The van der Waals surface area contributed by atoms with Crippen LogP contribution < -0.4 is 10.1 Å². The maximum absolute atomic E-state index is 13.6. The van der Waals surface area contributed by atoms with Gasteiger partial charge in [0.15, 0.2) is 18.2 Å². The van der Waals surface area contributed by atoms with Gasteiger partial charge in [-0.15, -0.1) is 0 Å². The van der Waals surface area contributed by atoms with Crippen LogP contribution in [0.1, 0.15) is 5.56 Å². The molecular formula is C16H17FN2O5S2. The van der Waals surface area contributed by atoms with Gasteiger partial charge in [-0.05, 0) is 17.7 Å². The number of carbonyl (C=O) groups is 3. The summed E-state index contributed by atoms with van der Waals surface area (Å²) in [7, 11) is 1.34. The first-order chi connectivity index (χ1) is 12.4. The van der Waals surface area contributed by atoms with Crippen LogP contribution in [0.3, 0.4) is 0 Å². The fourth-order valence-electron chi connectivity index (χ4n) is 2.14. The van der Waals surface area contributed by atoms with Crippen LogP contribution in [0.25, 0.3) is 0 Å². The molecule has 1 aliphatic rings. The highest BCUT2D eigenvalue weighted by Gasteiger charge is 2.25. The molecule has 0 spiro atoms. The van der Waals surface area contributed by atoms with E-state index in [1.165, 1.54) is 42.0 Å². The van der Waals surface area contributed by atoms with Gasteiger partial charge >= 0.3 is 5.97 Å². The van der Waals surface area contributed by atoms with Crippen LogP contribution in [0.5, 0.6) is 5.75 Å².